The van der Waals surface area contributed by atoms with E-state index in [4.69, 9.17) is 9.90 Å². The molecule has 6 nitrogen and oxygen atoms in total. The van der Waals surface area contributed by atoms with Crippen molar-refractivity contribution in [2.75, 3.05) is 25.0 Å². The van der Waals surface area contributed by atoms with Gasteiger partial charge in [-0.2, -0.15) is 13.2 Å². The number of carboxylic acids is 1. The van der Waals surface area contributed by atoms with Crippen molar-refractivity contribution in [2.45, 2.75) is 19.1 Å². The fourth-order valence-corrected chi connectivity index (χ4v) is 2.27. The Morgan fingerprint density at radius 1 is 1.30 bits per heavy atom. The molecule has 1 aliphatic rings. The molecule has 27 heavy (non-hydrogen) atoms. The monoisotopic (exact) mass is 386 g/mol. The summed E-state index contributed by atoms with van der Waals surface area (Å²) in [6.45, 7) is 3.77. The molecule has 1 fully saturated rings. The first kappa shape index (κ1) is 20.6. The molecule has 1 aromatic carbocycles. The average molecular weight is 386 g/mol. The number of rotatable bonds is 3. The molecule has 0 unspecified atom stereocenters. The van der Waals surface area contributed by atoms with E-state index in [0.717, 1.165) is 29.9 Å². The molecular weight excluding hydrogens is 368 g/mol. The predicted octanol–water partition coefficient (Wildman–Crippen LogP) is 2.63. The van der Waals surface area contributed by atoms with Gasteiger partial charge in [-0.1, -0.05) is 0 Å². The number of aromatic nitrogens is 2. The minimum atomic E-state index is -5.08. The highest BCUT2D eigenvalue weighted by Gasteiger charge is 2.38. The molecule has 1 aromatic heterocycles. The lowest BCUT2D eigenvalue weighted by Gasteiger charge is -2.35. The molecule has 2 heterocycles. The minimum Gasteiger partial charge on any atom is -0.475 e. The molecular formula is C17H18F4N4O2. The number of nitrogens with zero attached hydrogens (tertiary/aromatic N) is 3. The van der Waals surface area contributed by atoms with Gasteiger partial charge < -0.3 is 15.3 Å². The minimum absolute atomic E-state index is 0.239. The third-order valence-corrected chi connectivity index (χ3v) is 3.85. The highest BCUT2D eigenvalue weighted by atomic mass is 19.4. The molecule has 0 saturated carbocycles. The van der Waals surface area contributed by atoms with Crippen LogP contribution in [0, 0.1) is 12.7 Å². The van der Waals surface area contributed by atoms with E-state index >= 15 is 0 Å². The molecule has 0 spiro atoms. The summed E-state index contributed by atoms with van der Waals surface area (Å²) in [6, 6.07) is 7.19. The van der Waals surface area contributed by atoms with Crippen LogP contribution in [0.15, 0.2) is 30.5 Å². The summed E-state index contributed by atoms with van der Waals surface area (Å²) in [5.74, 6) is -2.32. The number of hydrogen-bond donors (Lipinski definition) is 2. The number of nitrogens with one attached hydrogen (secondary N) is 1. The van der Waals surface area contributed by atoms with Crippen molar-refractivity contribution in [3.8, 4) is 11.3 Å². The number of carboxylic acid groups (broad SMARTS) is 1. The standard InChI is InChI=1S/C15H17FN4.C2HF3O2/c1-10-5-11(7-12(16)6-10)14-3-4-18-15(19-14)20(2)13-8-17-9-13;3-2(4,5)1(6)7/h3-7,13,17H,8-9H2,1-2H3;(H,6,7). The summed E-state index contributed by atoms with van der Waals surface area (Å²) in [5.41, 5.74) is 2.42. The zero-order valence-electron chi connectivity index (χ0n) is 14.6. The van der Waals surface area contributed by atoms with Gasteiger partial charge in [0.1, 0.15) is 5.82 Å². The Labute approximate surface area is 152 Å². The molecule has 0 radical (unpaired) electrons. The first-order chi connectivity index (χ1) is 12.6. The fourth-order valence-electron chi connectivity index (χ4n) is 2.27. The first-order valence-electron chi connectivity index (χ1n) is 7.92. The van der Waals surface area contributed by atoms with E-state index in [-0.39, 0.29) is 5.82 Å². The summed E-state index contributed by atoms with van der Waals surface area (Å²) in [4.78, 5) is 19.8. The van der Waals surface area contributed by atoms with Crippen molar-refractivity contribution in [3.05, 3.63) is 41.8 Å². The second kappa shape index (κ2) is 8.30. The van der Waals surface area contributed by atoms with E-state index in [1.807, 2.05) is 26.1 Å². The number of carbonyl (C=O) groups is 1. The Bertz CT molecular complexity index is 790. The maximum absolute atomic E-state index is 13.5. The van der Waals surface area contributed by atoms with Crippen LogP contribution in [-0.4, -0.2) is 53.4 Å². The largest absolute Gasteiger partial charge is 0.490 e. The Morgan fingerprint density at radius 2 is 1.93 bits per heavy atom. The quantitative estimate of drug-likeness (QED) is 0.790. The summed E-state index contributed by atoms with van der Waals surface area (Å²) in [6.07, 6.45) is -3.36. The molecule has 0 bridgehead atoms. The SMILES string of the molecule is Cc1cc(F)cc(-c2ccnc(N(C)C3CNC3)n2)c1.O=C(O)C(F)(F)F. The molecule has 0 aliphatic carbocycles. The van der Waals surface area contributed by atoms with E-state index in [1.54, 1.807) is 6.20 Å². The van der Waals surface area contributed by atoms with Crippen LogP contribution in [0.1, 0.15) is 5.56 Å². The van der Waals surface area contributed by atoms with E-state index in [1.165, 1.54) is 12.1 Å². The average Bonchev–Trinajstić information content (AvgIpc) is 2.52. The van der Waals surface area contributed by atoms with E-state index < -0.39 is 12.1 Å². The van der Waals surface area contributed by atoms with Crippen LogP contribution in [0.3, 0.4) is 0 Å². The highest BCUT2D eigenvalue weighted by Crippen LogP contribution is 2.22. The van der Waals surface area contributed by atoms with E-state index in [2.05, 4.69) is 20.2 Å². The van der Waals surface area contributed by atoms with Gasteiger partial charge in [-0.25, -0.2) is 19.2 Å². The van der Waals surface area contributed by atoms with Crippen molar-refractivity contribution in [1.82, 2.24) is 15.3 Å². The molecule has 10 heteroatoms. The lowest BCUT2D eigenvalue weighted by molar-refractivity contribution is -0.192. The van der Waals surface area contributed by atoms with Crippen LogP contribution in [0.5, 0.6) is 0 Å². The zero-order chi connectivity index (χ0) is 20.2. The van der Waals surface area contributed by atoms with Gasteiger partial charge in [0.25, 0.3) is 0 Å². The molecule has 1 saturated heterocycles. The highest BCUT2D eigenvalue weighted by molar-refractivity contribution is 5.73. The third kappa shape index (κ3) is 5.61. The number of aryl methyl sites for hydroxylation is 1. The third-order valence-electron chi connectivity index (χ3n) is 3.85. The van der Waals surface area contributed by atoms with Gasteiger partial charge in [-0.3, -0.25) is 0 Å². The van der Waals surface area contributed by atoms with Crippen molar-refractivity contribution in [2.24, 2.45) is 0 Å². The van der Waals surface area contributed by atoms with Crippen molar-refractivity contribution in [3.63, 3.8) is 0 Å². The predicted molar refractivity (Wildman–Crippen MR) is 90.9 cm³/mol. The Morgan fingerprint density at radius 3 is 2.41 bits per heavy atom. The zero-order valence-corrected chi connectivity index (χ0v) is 14.6. The van der Waals surface area contributed by atoms with Gasteiger partial charge in [-0.05, 0) is 36.8 Å². The summed E-state index contributed by atoms with van der Waals surface area (Å²) in [7, 11) is 1.99. The van der Waals surface area contributed by atoms with Gasteiger partial charge in [-0.15, -0.1) is 0 Å². The molecule has 146 valence electrons. The topological polar surface area (TPSA) is 78.4 Å². The maximum Gasteiger partial charge on any atom is 0.490 e. The number of alkyl halides is 3. The Hall–Kier alpha value is -2.75. The van der Waals surface area contributed by atoms with Crippen molar-refractivity contribution >= 4 is 11.9 Å². The van der Waals surface area contributed by atoms with Gasteiger partial charge in [0.2, 0.25) is 5.95 Å². The van der Waals surface area contributed by atoms with E-state index in [9.17, 15) is 17.6 Å². The summed E-state index contributed by atoms with van der Waals surface area (Å²) < 4.78 is 45.2. The van der Waals surface area contributed by atoms with Crippen LogP contribution in [0.25, 0.3) is 11.3 Å². The molecule has 0 amide bonds. The van der Waals surface area contributed by atoms with Gasteiger partial charge in [0.05, 0.1) is 11.7 Å². The smallest absolute Gasteiger partial charge is 0.475 e. The van der Waals surface area contributed by atoms with Gasteiger partial charge in [0, 0.05) is 31.9 Å². The molecule has 2 aromatic rings. The number of anilines is 1. The number of aliphatic carboxylic acids is 1. The number of hydrogen-bond acceptors (Lipinski definition) is 5. The van der Waals surface area contributed by atoms with Crippen LogP contribution in [0.2, 0.25) is 0 Å². The van der Waals surface area contributed by atoms with Crippen LogP contribution in [-0.2, 0) is 4.79 Å². The number of benzene rings is 1. The van der Waals surface area contributed by atoms with Crippen LogP contribution in [0.4, 0.5) is 23.5 Å². The maximum atomic E-state index is 13.5. The fraction of sp³-hybridized carbons (Fsp3) is 0.353. The molecule has 1 aliphatic heterocycles. The Balaban J connectivity index is 0.000000321. The van der Waals surface area contributed by atoms with E-state index in [0.29, 0.717) is 12.0 Å². The molecule has 2 N–H and O–H groups in total. The summed E-state index contributed by atoms with van der Waals surface area (Å²) >= 11 is 0. The molecule has 3 rings (SSSR count). The number of likely N-dealkylation sites (N-methyl/N-ethyl adjacent to an activating group) is 1. The van der Waals surface area contributed by atoms with Crippen molar-refractivity contribution < 1.29 is 27.5 Å². The Kier molecular flexibility index (Phi) is 6.32. The lowest BCUT2D eigenvalue weighted by atomic mass is 10.1. The second-order valence-electron chi connectivity index (χ2n) is 5.99. The molecule has 0 atom stereocenters. The normalized spacial score (nSPS) is 14.0. The van der Waals surface area contributed by atoms with Crippen molar-refractivity contribution in [1.29, 1.82) is 0 Å². The number of halogens is 4. The van der Waals surface area contributed by atoms with Gasteiger partial charge in [0.15, 0.2) is 0 Å². The van der Waals surface area contributed by atoms with Gasteiger partial charge >= 0.3 is 12.1 Å². The summed E-state index contributed by atoms with van der Waals surface area (Å²) in [5, 5.41) is 10.4. The first-order valence-corrected chi connectivity index (χ1v) is 7.92. The van der Waals surface area contributed by atoms with Crippen LogP contribution < -0.4 is 10.2 Å². The second-order valence-corrected chi connectivity index (χ2v) is 5.99. The lowest BCUT2D eigenvalue weighted by Crippen LogP contribution is -2.56. The van der Waals surface area contributed by atoms with Crippen LogP contribution >= 0.6 is 0 Å².